The molecule has 5 atom stereocenters. The summed E-state index contributed by atoms with van der Waals surface area (Å²) in [5.74, 6) is -2.48. The van der Waals surface area contributed by atoms with Crippen LogP contribution >= 0.6 is 0 Å². The maximum atomic E-state index is 13.4. The molecule has 1 saturated heterocycles. The summed E-state index contributed by atoms with van der Waals surface area (Å²) in [5, 5.41) is 0. The number of rotatable bonds is 13. The van der Waals surface area contributed by atoms with Gasteiger partial charge in [0.25, 0.3) is 0 Å². The van der Waals surface area contributed by atoms with Crippen LogP contribution in [0, 0.1) is 0 Å². The molecular weight excluding hydrogens is 600 g/mol. The van der Waals surface area contributed by atoms with E-state index in [-0.39, 0.29) is 35.5 Å². The van der Waals surface area contributed by atoms with E-state index in [2.05, 4.69) is 0 Å². The molecule has 0 aromatic heterocycles. The highest BCUT2D eigenvalue weighted by molar-refractivity contribution is 5.90. The Bertz CT molecular complexity index is 1490. The zero-order valence-corrected chi connectivity index (χ0v) is 25.5. The van der Waals surface area contributed by atoms with Crippen LogP contribution < -0.4 is 9.47 Å². The minimum absolute atomic E-state index is 0.0320. The van der Waals surface area contributed by atoms with E-state index in [0.29, 0.717) is 5.75 Å². The lowest BCUT2D eigenvalue weighted by Crippen LogP contribution is -2.63. The van der Waals surface area contributed by atoms with E-state index in [1.807, 2.05) is 0 Å². The van der Waals surface area contributed by atoms with Crippen molar-refractivity contribution in [3.63, 3.8) is 0 Å². The van der Waals surface area contributed by atoms with Gasteiger partial charge < -0.3 is 38.0 Å². The predicted octanol–water partition coefficient (Wildman–Crippen LogP) is 4.09. The number of carbonyl (C=O) groups is 5. The van der Waals surface area contributed by atoms with Crippen LogP contribution in [0.3, 0.4) is 0 Å². The van der Waals surface area contributed by atoms with Crippen molar-refractivity contribution in [1.82, 2.24) is 0 Å². The van der Waals surface area contributed by atoms with Gasteiger partial charge in [-0.15, -0.1) is 0 Å². The maximum absolute atomic E-state index is 13.4. The summed E-state index contributed by atoms with van der Waals surface area (Å²) in [5.41, 5.74) is 0.355. The summed E-state index contributed by atoms with van der Waals surface area (Å²) >= 11 is 0. The number of esters is 4. The van der Waals surface area contributed by atoms with Crippen LogP contribution in [0.1, 0.15) is 47.4 Å². The topological polar surface area (TPSA) is 150 Å². The second kappa shape index (κ2) is 16.2. The minimum atomic E-state index is -1.50. The van der Waals surface area contributed by atoms with Gasteiger partial charge in [0.1, 0.15) is 30.0 Å². The Kier molecular flexibility index (Phi) is 11.8. The van der Waals surface area contributed by atoms with Crippen molar-refractivity contribution < 1.29 is 57.1 Å². The third-order valence-corrected chi connectivity index (χ3v) is 6.80. The average Bonchev–Trinajstić information content (AvgIpc) is 3.06. The highest BCUT2D eigenvalue weighted by Gasteiger charge is 2.54. The van der Waals surface area contributed by atoms with Crippen LogP contribution in [-0.2, 0) is 38.1 Å². The molecule has 12 nitrogen and oxygen atoms in total. The van der Waals surface area contributed by atoms with Crippen molar-refractivity contribution in [3.05, 3.63) is 96.1 Å². The molecule has 1 heterocycles. The number of benzene rings is 3. The number of ketones is 1. The summed E-state index contributed by atoms with van der Waals surface area (Å²) < 4.78 is 40.2. The molecule has 0 N–H and O–H groups in total. The van der Waals surface area contributed by atoms with Crippen molar-refractivity contribution >= 4 is 29.7 Å². The number of hydrogen-bond donors (Lipinski definition) is 0. The van der Waals surface area contributed by atoms with Crippen LogP contribution in [0.4, 0.5) is 0 Å². The Hall–Kier alpha value is -5.23. The molecule has 0 bridgehead atoms. The fourth-order valence-electron chi connectivity index (χ4n) is 4.55. The normalized spacial score (nSPS) is 20.5. The standard InChI is InChI=1S/C34H34O12/c1-21(35)14-19-28(37)41-20-27-29(42-22(2)36)30(45-32(38)23-10-6-4-7-11-23)31(46-33(39)24-12-8-5-9-13-24)34(44-27)43-26-17-15-25(40-3)16-18-26/h4-13,15-18,27,29-31,34H,14,19-20H2,1-3H3/t27-,29-,30+,31-,34-/m1/s1. The highest BCUT2D eigenvalue weighted by atomic mass is 16.7. The fraction of sp³-hybridized carbons (Fsp3) is 0.324. The Labute approximate surface area is 265 Å². The molecule has 0 unspecified atom stereocenters. The number of ether oxygens (including phenoxy) is 7. The van der Waals surface area contributed by atoms with Gasteiger partial charge in [-0.1, -0.05) is 36.4 Å². The molecule has 1 aliphatic rings. The van der Waals surface area contributed by atoms with E-state index >= 15 is 0 Å². The van der Waals surface area contributed by atoms with E-state index < -0.39 is 61.2 Å². The molecule has 0 spiro atoms. The lowest BCUT2D eigenvalue weighted by molar-refractivity contribution is -0.280. The Balaban J connectivity index is 1.73. The van der Waals surface area contributed by atoms with E-state index in [9.17, 15) is 24.0 Å². The van der Waals surface area contributed by atoms with Crippen molar-refractivity contribution in [2.24, 2.45) is 0 Å². The van der Waals surface area contributed by atoms with Gasteiger partial charge in [-0.05, 0) is 55.5 Å². The predicted molar refractivity (Wildman–Crippen MR) is 160 cm³/mol. The van der Waals surface area contributed by atoms with Crippen molar-refractivity contribution in [2.75, 3.05) is 13.7 Å². The van der Waals surface area contributed by atoms with Crippen LogP contribution in [0.15, 0.2) is 84.9 Å². The molecule has 1 fully saturated rings. The van der Waals surface area contributed by atoms with Gasteiger partial charge in [0.05, 0.1) is 24.7 Å². The summed E-state index contributed by atoms with van der Waals surface area (Å²) in [6.45, 7) is 2.00. The molecule has 1 aliphatic heterocycles. The number of carbonyl (C=O) groups excluding carboxylic acids is 5. The largest absolute Gasteiger partial charge is 0.497 e. The lowest BCUT2D eigenvalue weighted by atomic mass is 9.97. The van der Waals surface area contributed by atoms with Crippen molar-refractivity contribution in [3.8, 4) is 11.5 Å². The lowest BCUT2D eigenvalue weighted by Gasteiger charge is -2.44. The van der Waals surface area contributed by atoms with E-state index in [1.165, 1.54) is 38.3 Å². The van der Waals surface area contributed by atoms with Crippen molar-refractivity contribution in [2.45, 2.75) is 57.4 Å². The van der Waals surface area contributed by atoms with Crippen molar-refractivity contribution in [1.29, 1.82) is 0 Å². The molecule has 3 aromatic carbocycles. The molecule has 12 heteroatoms. The maximum Gasteiger partial charge on any atom is 0.338 e. The first-order valence-electron chi connectivity index (χ1n) is 14.4. The average molecular weight is 635 g/mol. The highest BCUT2D eigenvalue weighted by Crippen LogP contribution is 2.32. The number of methoxy groups -OCH3 is 1. The van der Waals surface area contributed by atoms with Gasteiger partial charge in [0.2, 0.25) is 12.4 Å². The Morgan fingerprint density at radius 1 is 0.652 bits per heavy atom. The third kappa shape index (κ3) is 9.38. The minimum Gasteiger partial charge on any atom is -0.497 e. The molecule has 3 aromatic rings. The summed E-state index contributed by atoms with van der Waals surface area (Å²) in [6.07, 6.45) is -7.34. The van der Waals surface area contributed by atoms with Crippen LogP contribution in [0.25, 0.3) is 0 Å². The third-order valence-electron chi connectivity index (χ3n) is 6.80. The van der Waals surface area contributed by atoms with Gasteiger partial charge in [-0.25, -0.2) is 9.59 Å². The zero-order valence-electron chi connectivity index (χ0n) is 25.5. The van der Waals surface area contributed by atoms with Gasteiger partial charge in [0.15, 0.2) is 12.2 Å². The number of hydrogen-bond acceptors (Lipinski definition) is 12. The molecule has 0 saturated carbocycles. The zero-order chi connectivity index (χ0) is 33.1. The summed E-state index contributed by atoms with van der Waals surface area (Å²) in [7, 11) is 1.50. The van der Waals surface area contributed by atoms with Gasteiger partial charge in [0, 0.05) is 13.3 Å². The first-order chi connectivity index (χ1) is 22.1. The smallest absolute Gasteiger partial charge is 0.338 e. The summed E-state index contributed by atoms with van der Waals surface area (Å²) in [4.78, 5) is 62.9. The van der Waals surface area contributed by atoms with E-state index in [1.54, 1.807) is 60.7 Å². The molecule has 242 valence electrons. The quantitative estimate of drug-likeness (QED) is 0.197. The SMILES string of the molecule is COc1ccc(O[C@@H]2O[C@H](COC(=O)CCC(C)=O)[C@@H](OC(C)=O)[C@H](OC(=O)c3ccccc3)[C@H]2OC(=O)c2ccccc2)cc1. The molecule has 46 heavy (non-hydrogen) atoms. The van der Waals surface area contributed by atoms with Gasteiger partial charge >= 0.3 is 23.9 Å². The van der Waals surface area contributed by atoms with Gasteiger partial charge in [-0.3, -0.25) is 9.59 Å². The van der Waals surface area contributed by atoms with E-state index in [4.69, 9.17) is 33.2 Å². The second-order valence-electron chi connectivity index (χ2n) is 10.3. The van der Waals surface area contributed by atoms with Gasteiger partial charge in [-0.2, -0.15) is 0 Å². The molecular formula is C34H34O12. The van der Waals surface area contributed by atoms with Crippen LogP contribution in [0.2, 0.25) is 0 Å². The molecule has 0 radical (unpaired) electrons. The Morgan fingerprint density at radius 2 is 1.20 bits per heavy atom. The Morgan fingerprint density at radius 3 is 1.72 bits per heavy atom. The molecule has 4 rings (SSSR count). The van der Waals surface area contributed by atoms with Crippen LogP contribution in [-0.4, -0.2) is 74.1 Å². The molecule has 0 aliphatic carbocycles. The number of Topliss-reactive ketones (excluding diaryl/α,β-unsaturated/α-hetero) is 1. The fourth-order valence-corrected chi connectivity index (χ4v) is 4.55. The summed E-state index contributed by atoms with van der Waals surface area (Å²) in [6, 6.07) is 22.5. The molecule has 0 amide bonds. The first kappa shape index (κ1) is 33.7. The van der Waals surface area contributed by atoms with E-state index in [0.717, 1.165) is 6.92 Å². The second-order valence-corrected chi connectivity index (χ2v) is 10.3. The first-order valence-corrected chi connectivity index (χ1v) is 14.4. The van der Waals surface area contributed by atoms with Crippen LogP contribution in [0.5, 0.6) is 11.5 Å². The monoisotopic (exact) mass is 634 g/mol.